The van der Waals surface area contributed by atoms with Crippen LogP contribution < -0.4 is 5.56 Å². The first-order valence-corrected chi connectivity index (χ1v) is 12.8. The molecule has 0 radical (unpaired) electrons. The fourth-order valence-corrected chi connectivity index (χ4v) is 4.29. The van der Waals surface area contributed by atoms with E-state index in [-0.39, 0.29) is 5.56 Å². The first-order chi connectivity index (χ1) is 11.4. The predicted octanol–water partition coefficient (Wildman–Crippen LogP) is 3.67. The van der Waals surface area contributed by atoms with Gasteiger partial charge in [-0.3, -0.25) is 4.79 Å². The van der Waals surface area contributed by atoms with Crippen LogP contribution in [0.15, 0.2) is 45.5 Å². The average molecular weight is 372 g/mol. The molecule has 0 fully saturated rings. The quantitative estimate of drug-likeness (QED) is 0.400. The molecule has 3 rings (SSSR count). The van der Waals surface area contributed by atoms with Crippen LogP contribution in [0, 0.1) is 11.5 Å². The van der Waals surface area contributed by atoms with E-state index in [9.17, 15) is 4.79 Å². The first-order valence-electron chi connectivity index (χ1n) is 7.51. The Kier molecular flexibility index (Phi) is 4.90. The fraction of sp³-hybridized carbons (Fsp3) is 0.235. The van der Waals surface area contributed by atoms with Gasteiger partial charge in [0.05, 0.1) is 0 Å². The smallest absolute Gasteiger partial charge is 0.267 e. The predicted molar refractivity (Wildman–Crippen MR) is 103 cm³/mol. The van der Waals surface area contributed by atoms with E-state index in [4.69, 9.17) is 0 Å². The van der Waals surface area contributed by atoms with Gasteiger partial charge in [0.25, 0.3) is 5.56 Å². The Labute approximate surface area is 150 Å². The minimum absolute atomic E-state index is 0.178. The molecule has 0 aliphatic rings. The number of rotatable bonds is 3. The number of hydrogen-bond acceptors (Lipinski definition) is 5. The molecule has 0 N–H and O–H groups in total. The van der Waals surface area contributed by atoms with Gasteiger partial charge in [-0.15, -0.1) is 10.6 Å². The summed E-state index contributed by atoms with van der Waals surface area (Å²) < 4.78 is 2.19. The van der Waals surface area contributed by atoms with Gasteiger partial charge in [0, 0.05) is 11.8 Å². The molecule has 0 unspecified atom stereocenters. The maximum atomic E-state index is 12.2. The third-order valence-corrected chi connectivity index (χ3v) is 5.99. The Hall–Kier alpha value is -1.88. The molecule has 7 heteroatoms. The van der Waals surface area contributed by atoms with Crippen molar-refractivity contribution in [2.75, 3.05) is 0 Å². The van der Waals surface area contributed by atoms with Gasteiger partial charge in [-0.2, -0.15) is 4.52 Å². The molecule has 0 bridgehead atoms. The van der Waals surface area contributed by atoms with Crippen LogP contribution in [0.5, 0.6) is 0 Å². The molecule has 2 aromatic heterocycles. The molecule has 0 atom stereocenters. The summed E-state index contributed by atoms with van der Waals surface area (Å²) in [5.74, 6) is 3.86. The molecule has 0 spiro atoms. The molecule has 3 aromatic rings. The number of thioether (sulfide) groups is 1. The second-order valence-corrected chi connectivity index (χ2v) is 13.2. The minimum atomic E-state index is -1.50. The fourth-order valence-electron chi connectivity index (χ4n) is 1.89. The van der Waals surface area contributed by atoms with Crippen molar-refractivity contribution in [3.63, 3.8) is 0 Å². The Bertz CT molecular complexity index is 978. The molecule has 24 heavy (non-hydrogen) atoms. The van der Waals surface area contributed by atoms with E-state index in [1.54, 1.807) is 11.8 Å². The van der Waals surface area contributed by atoms with Crippen molar-refractivity contribution >= 4 is 36.1 Å². The number of hydrogen-bond donors (Lipinski definition) is 0. The lowest BCUT2D eigenvalue weighted by atomic mass is 10.2. The van der Waals surface area contributed by atoms with Gasteiger partial charge >= 0.3 is 0 Å². The van der Waals surface area contributed by atoms with Crippen LogP contribution in [0.25, 0.3) is 4.96 Å². The number of benzene rings is 1. The monoisotopic (exact) mass is 371 g/mol. The standard InChI is InChI=1S/C17H17N3OS2Si/c1-24(2,3)10-9-14-11-15(21)20-16(18-14)23-17(19-20)22-12-13-7-5-4-6-8-13/h4-8,11H,12H2,1-3H3. The third-order valence-electron chi connectivity index (χ3n) is 3.00. The molecule has 1 aromatic carbocycles. The van der Waals surface area contributed by atoms with Crippen LogP contribution in [0.1, 0.15) is 11.3 Å². The lowest BCUT2D eigenvalue weighted by Crippen LogP contribution is -2.17. The van der Waals surface area contributed by atoms with E-state index in [0.717, 1.165) is 10.1 Å². The van der Waals surface area contributed by atoms with E-state index in [1.165, 1.54) is 27.5 Å². The lowest BCUT2D eigenvalue weighted by Gasteiger charge is -2.02. The first kappa shape index (κ1) is 17.0. The third kappa shape index (κ3) is 4.35. The molecule has 0 saturated carbocycles. The van der Waals surface area contributed by atoms with Crippen molar-refractivity contribution in [2.45, 2.75) is 29.7 Å². The Morgan fingerprint density at radius 1 is 1.25 bits per heavy atom. The second-order valence-electron chi connectivity index (χ2n) is 6.32. The largest absolute Gasteiger partial charge is 0.276 e. The maximum Gasteiger partial charge on any atom is 0.276 e. The topological polar surface area (TPSA) is 47.3 Å². The van der Waals surface area contributed by atoms with E-state index in [0.29, 0.717) is 10.7 Å². The van der Waals surface area contributed by atoms with Crippen LogP contribution in [0.4, 0.5) is 0 Å². The summed E-state index contributed by atoms with van der Waals surface area (Å²) in [5, 5.41) is 4.36. The van der Waals surface area contributed by atoms with Crippen LogP contribution >= 0.6 is 23.1 Å². The van der Waals surface area contributed by atoms with Gasteiger partial charge in [-0.1, -0.05) is 79.0 Å². The summed E-state index contributed by atoms with van der Waals surface area (Å²) in [6.45, 7) is 6.49. The zero-order chi connectivity index (χ0) is 17.2. The molecular formula is C17H17N3OS2Si. The van der Waals surface area contributed by atoms with E-state index in [2.05, 4.69) is 53.3 Å². The Morgan fingerprint density at radius 3 is 2.71 bits per heavy atom. The van der Waals surface area contributed by atoms with E-state index >= 15 is 0 Å². The van der Waals surface area contributed by atoms with E-state index in [1.807, 2.05) is 18.2 Å². The number of fused-ring (bicyclic) bond motifs is 1. The van der Waals surface area contributed by atoms with Gasteiger partial charge in [-0.25, -0.2) is 4.98 Å². The molecule has 4 nitrogen and oxygen atoms in total. The van der Waals surface area contributed by atoms with Crippen molar-refractivity contribution in [1.29, 1.82) is 0 Å². The van der Waals surface area contributed by atoms with Crippen molar-refractivity contribution < 1.29 is 0 Å². The van der Waals surface area contributed by atoms with Gasteiger partial charge in [-0.05, 0) is 5.56 Å². The molecule has 0 aliphatic heterocycles. The highest BCUT2D eigenvalue weighted by atomic mass is 32.2. The zero-order valence-electron chi connectivity index (χ0n) is 13.7. The van der Waals surface area contributed by atoms with Crippen LogP contribution in [0.2, 0.25) is 19.6 Å². The van der Waals surface area contributed by atoms with Gasteiger partial charge < -0.3 is 0 Å². The van der Waals surface area contributed by atoms with Gasteiger partial charge in [0.1, 0.15) is 13.8 Å². The van der Waals surface area contributed by atoms with E-state index < -0.39 is 8.07 Å². The SMILES string of the molecule is C[Si](C)(C)C#Cc1cc(=O)n2nc(SCc3ccccc3)sc2n1. The highest BCUT2D eigenvalue weighted by molar-refractivity contribution is 8.00. The number of nitrogens with zero attached hydrogens (tertiary/aromatic N) is 3. The second kappa shape index (κ2) is 6.93. The molecule has 0 saturated heterocycles. The highest BCUT2D eigenvalue weighted by Gasteiger charge is 2.10. The molecular weight excluding hydrogens is 354 g/mol. The van der Waals surface area contributed by atoms with Crippen LogP contribution in [0.3, 0.4) is 0 Å². The summed E-state index contributed by atoms with van der Waals surface area (Å²) in [6.07, 6.45) is 0. The van der Waals surface area contributed by atoms with Crippen LogP contribution in [-0.2, 0) is 5.75 Å². The summed E-state index contributed by atoms with van der Waals surface area (Å²) in [6, 6.07) is 11.7. The Balaban J connectivity index is 1.86. The zero-order valence-corrected chi connectivity index (χ0v) is 16.4. The normalized spacial score (nSPS) is 11.3. The highest BCUT2D eigenvalue weighted by Crippen LogP contribution is 2.26. The maximum absolute atomic E-state index is 12.2. The lowest BCUT2D eigenvalue weighted by molar-refractivity contribution is 0.855. The van der Waals surface area contributed by atoms with Gasteiger partial charge in [0.2, 0.25) is 4.96 Å². The summed E-state index contributed by atoms with van der Waals surface area (Å²) in [5.41, 5.74) is 4.82. The summed E-state index contributed by atoms with van der Waals surface area (Å²) in [7, 11) is -1.50. The van der Waals surface area contributed by atoms with Crippen molar-refractivity contribution in [3.8, 4) is 11.5 Å². The van der Waals surface area contributed by atoms with Crippen molar-refractivity contribution in [3.05, 3.63) is 58.0 Å². The molecule has 2 heterocycles. The Morgan fingerprint density at radius 2 is 2.00 bits per heavy atom. The van der Waals surface area contributed by atoms with Crippen molar-refractivity contribution in [1.82, 2.24) is 14.6 Å². The summed E-state index contributed by atoms with van der Waals surface area (Å²) in [4.78, 5) is 17.3. The van der Waals surface area contributed by atoms with Gasteiger partial charge in [0.15, 0.2) is 4.34 Å². The molecule has 0 aliphatic carbocycles. The summed E-state index contributed by atoms with van der Waals surface area (Å²) >= 11 is 3.04. The molecule has 122 valence electrons. The molecule has 0 amide bonds. The minimum Gasteiger partial charge on any atom is -0.267 e. The average Bonchev–Trinajstić information content (AvgIpc) is 2.95. The van der Waals surface area contributed by atoms with Crippen molar-refractivity contribution in [2.24, 2.45) is 0 Å². The number of aromatic nitrogens is 3. The van der Waals surface area contributed by atoms with Crippen LogP contribution in [-0.4, -0.2) is 22.7 Å².